The Labute approximate surface area is 175 Å². The molecule has 1 aromatic carbocycles. The third-order valence-corrected chi connectivity index (χ3v) is 8.56. The Balaban J connectivity index is 1.57. The number of hydrogen-bond donors (Lipinski definition) is 1. The SMILES string of the molecule is Cc1cc(C)c(S(=O)(=O)N2CCN(CC(=O)N[C@H]3CCCC[C@@H]3C)CC2)c(C)c1. The molecule has 162 valence electrons. The molecular weight excluding hydrogens is 386 g/mol. The third kappa shape index (κ3) is 5.19. The molecule has 0 unspecified atom stereocenters. The highest BCUT2D eigenvalue weighted by atomic mass is 32.2. The first kappa shape index (κ1) is 22.2. The number of aryl methyl sites for hydroxylation is 3. The average molecular weight is 422 g/mol. The van der Waals surface area contributed by atoms with Crippen molar-refractivity contribution in [1.29, 1.82) is 0 Å². The molecule has 1 amide bonds. The molecule has 1 saturated carbocycles. The van der Waals surface area contributed by atoms with E-state index in [-0.39, 0.29) is 11.9 Å². The molecule has 1 saturated heterocycles. The van der Waals surface area contributed by atoms with Crippen molar-refractivity contribution in [3.8, 4) is 0 Å². The van der Waals surface area contributed by atoms with Crippen molar-refractivity contribution < 1.29 is 13.2 Å². The van der Waals surface area contributed by atoms with Gasteiger partial charge in [0.25, 0.3) is 0 Å². The summed E-state index contributed by atoms with van der Waals surface area (Å²) in [4.78, 5) is 15.0. The lowest BCUT2D eigenvalue weighted by Gasteiger charge is -2.35. The molecule has 29 heavy (non-hydrogen) atoms. The van der Waals surface area contributed by atoms with E-state index in [0.717, 1.165) is 23.1 Å². The predicted molar refractivity (Wildman–Crippen MR) is 115 cm³/mol. The molecule has 2 fully saturated rings. The number of carbonyl (C=O) groups excluding carboxylic acids is 1. The van der Waals surface area contributed by atoms with E-state index in [9.17, 15) is 13.2 Å². The van der Waals surface area contributed by atoms with Crippen LogP contribution >= 0.6 is 0 Å². The summed E-state index contributed by atoms with van der Waals surface area (Å²) in [6, 6.07) is 4.13. The number of benzene rings is 1. The monoisotopic (exact) mass is 421 g/mol. The molecule has 3 rings (SSSR count). The molecule has 1 heterocycles. The van der Waals surface area contributed by atoms with Crippen LogP contribution in [0.2, 0.25) is 0 Å². The zero-order valence-electron chi connectivity index (χ0n) is 18.2. The number of amides is 1. The van der Waals surface area contributed by atoms with Gasteiger partial charge in [-0.25, -0.2) is 8.42 Å². The molecule has 1 aliphatic carbocycles. The Hall–Kier alpha value is -1.44. The second kappa shape index (κ2) is 9.14. The van der Waals surface area contributed by atoms with Crippen molar-refractivity contribution in [2.75, 3.05) is 32.7 Å². The van der Waals surface area contributed by atoms with Gasteiger partial charge in [0.2, 0.25) is 15.9 Å². The van der Waals surface area contributed by atoms with Crippen LogP contribution in [0, 0.1) is 26.7 Å². The minimum atomic E-state index is -3.52. The molecule has 1 aromatic rings. The number of nitrogens with zero attached hydrogens (tertiary/aromatic N) is 2. The van der Waals surface area contributed by atoms with Gasteiger partial charge in [0.1, 0.15) is 0 Å². The summed E-state index contributed by atoms with van der Waals surface area (Å²) < 4.78 is 28.0. The molecule has 6 nitrogen and oxygen atoms in total. The Bertz CT molecular complexity index is 822. The summed E-state index contributed by atoms with van der Waals surface area (Å²) in [7, 11) is -3.52. The van der Waals surface area contributed by atoms with Crippen LogP contribution in [0.4, 0.5) is 0 Å². The number of rotatable bonds is 5. The molecule has 0 bridgehead atoms. The lowest BCUT2D eigenvalue weighted by molar-refractivity contribution is -0.123. The average Bonchev–Trinajstić information content (AvgIpc) is 2.63. The molecule has 7 heteroatoms. The van der Waals surface area contributed by atoms with Crippen LogP contribution in [0.3, 0.4) is 0 Å². The van der Waals surface area contributed by atoms with Gasteiger partial charge in [-0.3, -0.25) is 9.69 Å². The Kier molecular flexibility index (Phi) is 7.02. The number of piperazine rings is 1. The van der Waals surface area contributed by atoms with Gasteiger partial charge in [0.15, 0.2) is 0 Å². The topological polar surface area (TPSA) is 69.7 Å². The highest BCUT2D eigenvalue weighted by Crippen LogP contribution is 2.26. The van der Waals surface area contributed by atoms with Crippen LogP contribution in [0.5, 0.6) is 0 Å². The molecule has 0 aromatic heterocycles. The van der Waals surface area contributed by atoms with Gasteiger partial charge >= 0.3 is 0 Å². The fraction of sp³-hybridized carbons (Fsp3) is 0.682. The zero-order valence-corrected chi connectivity index (χ0v) is 19.0. The highest BCUT2D eigenvalue weighted by Gasteiger charge is 2.31. The van der Waals surface area contributed by atoms with Crippen molar-refractivity contribution >= 4 is 15.9 Å². The fourth-order valence-electron chi connectivity index (χ4n) is 4.82. The van der Waals surface area contributed by atoms with E-state index in [4.69, 9.17) is 0 Å². The standard InChI is InChI=1S/C22H35N3O3S/c1-16-13-18(3)22(19(4)14-16)29(27,28)25-11-9-24(10-12-25)15-21(26)23-20-8-6-5-7-17(20)2/h13-14,17,20H,5-12,15H2,1-4H3,(H,23,26)/t17-,20-/m0/s1. The van der Waals surface area contributed by atoms with E-state index in [2.05, 4.69) is 17.1 Å². The van der Waals surface area contributed by atoms with Crippen LogP contribution in [0.1, 0.15) is 49.3 Å². The van der Waals surface area contributed by atoms with Crippen LogP contribution in [0.15, 0.2) is 17.0 Å². The van der Waals surface area contributed by atoms with Crippen LogP contribution < -0.4 is 5.32 Å². The molecule has 0 spiro atoms. The van der Waals surface area contributed by atoms with E-state index in [1.54, 1.807) is 4.31 Å². The van der Waals surface area contributed by atoms with E-state index >= 15 is 0 Å². The molecule has 1 N–H and O–H groups in total. The summed E-state index contributed by atoms with van der Waals surface area (Å²) in [6.45, 7) is 10.3. The van der Waals surface area contributed by atoms with E-state index in [0.29, 0.717) is 43.5 Å². The van der Waals surface area contributed by atoms with Crippen LogP contribution in [-0.4, -0.2) is 62.3 Å². The first-order valence-corrected chi connectivity index (χ1v) is 12.2. The zero-order chi connectivity index (χ0) is 21.2. The molecule has 2 atom stereocenters. The molecule has 2 aliphatic rings. The first-order valence-electron chi connectivity index (χ1n) is 10.8. The summed E-state index contributed by atoms with van der Waals surface area (Å²) >= 11 is 0. The Morgan fingerprint density at radius 2 is 1.62 bits per heavy atom. The normalized spacial score (nSPS) is 24.4. The second-order valence-electron chi connectivity index (χ2n) is 8.84. The first-order chi connectivity index (χ1) is 13.7. The summed E-state index contributed by atoms with van der Waals surface area (Å²) in [6.07, 6.45) is 4.68. The molecule has 0 radical (unpaired) electrons. The maximum absolute atomic E-state index is 13.2. The van der Waals surface area contributed by atoms with Gasteiger partial charge in [-0.05, 0) is 50.7 Å². The van der Waals surface area contributed by atoms with Gasteiger partial charge in [-0.2, -0.15) is 4.31 Å². The van der Waals surface area contributed by atoms with Crippen molar-refractivity contribution in [2.24, 2.45) is 5.92 Å². The van der Waals surface area contributed by atoms with Gasteiger partial charge < -0.3 is 5.32 Å². The maximum Gasteiger partial charge on any atom is 0.243 e. The number of nitrogens with one attached hydrogen (secondary N) is 1. The highest BCUT2D eigenvalue weighted by molar-refractivity contribution is 7.89. The molecular formula is C22H35N3O3S. The maximum atomic E-state index is 13.2. The lowest BCUT2D eigenvalue weighted by atomic mass is 9.86. The minimum absolute atomic E-state index is 0.0604. The van der Waals surface area contributed by atoms with Gasteiger partial charge in [0, 0.05) is 32.2 Å². The minimum Gasteiger partial charge on any atom is -0.352 e. The second-order valence-corrected chi connectivity index (χ2v) is 10.7. The van der Waals surface area contributed by atoms with Gasteiger partial charge in [0.05, 0.1) is 11.4 Å². The Morgan fingerprint density at radius 3 is 2.21 bits per heavy atom. The van der Waals surface area contributed by atoms with E-state index < -0.39 is 10.0 Å². The van der Waals surface area contributed by atoms with Crippen LogP contribution in [-0.2, 0) is 14.8 Å². The van der Waals surface area contributed by atoms with E-state index in [1.165, 1.54) is 19.3 Å². The quantitative estimate of drug-likeness (QED) is 0.793. The largest absolute Gasteiger partial charge is 0.352 e. The number of sulfonamides is 1. The summed E-state index contributed by atoms with van der Waals surface area (Å²) in [5.41, 5.74) is 2.67. The summed E-state index contributed by atoms with van der Waals surface area (Å²) in [5, 5.41) is 3.19. The number of hydrogen-bond acceptors (Lipinski definition) is 4. The number of carbonyl (C=O) groups is 1. The lowest BCUT2D eigenvalue weighted by Crippen LogP contribution is -2.52. The fourth-order valence-corrected chi connectivity index (χ4v) is 6.65. The van der Waals surface area contributed by atoms with Crippen molar-refractivity contribution in [2.45, 2.75) is 64.3 Å². The third-order valence-electron chi connectivity index (χ3n) is 6.36. The van der Waals surface area contributed by atoms with Crippen molar-refractivity contribution in [3.63, 3.8) is 0 Å². The van der Waals surface area contributed by atoms with E-state index in [1.807, 2.05) is 32.9 Å². The predicted octanol–water partition coefficient (Wildman–Crippen LogP) is 2.61. The van der Waals surface area contributed by atoms with Gasteiger partial charge in [-0.15, -0.1) is 0 Å². The van der Waals surface area contributed by atoms with Crippen LogP contribution in [0.25, 0.3) is 0 Å². The van der Waals surface area contributed by atoms with Crippen molar-refractivity contribution in [3.05, 3.63) is 28.8 Å². The smallest absolute Gasteiger partial charge is 0.243 e. The van der Waals surface area contributed by atoms with Gasteiger partial charge in [-0.1, -0.05) is 37.5 Å². The molecule has 1 aliphatic heterocycles. The Morgan fingerprint density at radius 1 is 1.03 bits per heavy atom. The summed E-state index contributed by atoms with van der Waals surface area (Å²) in [5.74, 6) is 0.598. The van der Waals surface area contributed by atoms with Crippen molar-refractivity contribution in [1.82, 2.24) is 14.5 Å².